The fourth-order valence-corrected chi connectivity index (χ4v) is 4.11. The summed E-state index contributed by atoms with van der Waals surface area (Å²) in [6, 6.07) is 0.534. The number of nitrogens with one attached hydrogen (secondary N) is 2. The zero-order valence-electron chi connectivity index (χ0n) is 13.4. The van der Waals surface area contributed by atoms with Crippen molar-refractivity contribution in [1.82, 2.24) is 15.1 Å². The summed E-state index contributed by atoms with van der Waals surface area (Å²) in [5, 5.41) is 10.7. The van der Waals surface area contributed by atoms with Gasteiger partial charge in [-0.1, -0.05) is 6.92 Å². The average Bonchev–Trinajstić information content (AvgIpc) is 3.01. The minimum absolute atomic E-state index is 0.0386. The van der Waals surface area contributed by atoms with Gasteiger partial charge in [0, 0.05) is 11.3 Å². The molecule has 0 radical (unpaired) electrons. The first-order valence-corrected chi connectivity index (χ1v) is 8.69. The van der Waals surface area contributed by atoms with Crippen LogP contribution >= 0.6 is 11.8 Å². The molecule has 6 heteroatoms. The molecule has 5 nitrogen and oxygen atoms in total. The van der Waals surface area contributed by atoms with Gasteiger partial charge in [0.2, 0.25) is 5.91 Å². The zero-order chi connectivity index (χ0) is 15.4. The molecule has 0 saturated heterocycles. The molecule has 118 valence electrons. The summed E-state index contributed by atoms with van der Waals surface area (Å²) in [4.78, 5) is 14.4. The predicted octanol–water partition coefficient (Wildman–Crippen LogP) is 2.57. The third-order valence-corrected chi connectivity index (χ3v) is 5.40. The smallest absolute Gasteiger partial charge is 0.238 e. The summed E-state index contributed by atoms with van der Waals surface area (Å²) < 4.78 is 0. The van der Waals surface area contributed by atoms with Gasteiger partial charge >= 0.3 is 0 Å². The van der Waals surface area contributed by atoms with Crippen molar-refractivity contribution in [3.05, 3.63) is 11.4 Å². The number of amides is 1. The number of nitrogens with zero attached hydrogens (tertiary/aromatic N) is 2. The molecule has 21 heavy (non-hydrogen) atoms. The van der Waals surface area contributed by atoms with Gasteiger partial charge in [-0.25, -0.2) is 0 Å². The van der Waals surface area contributed by atoms with Crippen molar-refractivity contribution in [1.29, 1.82) is 0 Å². The largest absolute Gasteiger partial charge is 0.322 e. The van der Waals surface area contributed by atoms with E-state index < -0.39 is 0 Å². The van der Waals surface area contributed by atoms with Crippen molar-refractivity contribution in [3.63, 3.8) is 0 Å². The molecule has 1 aliphatic carbocycles. The summed E-state index contributed by atoms with van der Waals surface area (Å²) in [5.41, 5.74) is 2.56. The highest BCUT2D eigenvalue weighted by molar-refractivity contribution is 7.99. The van der Waals surface area contributed by atoms with Gasteiger partial charge in [0.25, 0.3) is 0 Å². The number of aryl methyl sites for hydroxylation is 2. The summed E-state index contributed by atoms with van der Waals surface area (Å²) in [5.74, 6) is 1.22. The van der Waals surface area contributed by atoms with Crippen LogP contribution < -0.4 is 5.32 Å². The van der Waals surface area contributed by atoms with Gasteiger partial charge in [-0.05, 0) is 45.9 Å². The molecule has 0 spiro atoms. The summed E-state index contributed by atoms with van der Waals surface area (Å²) in [6.45, 7) is 6.47. The Bertz CT molecular complexity index is 469. The average molecular weight is 310 g/mol. The van der Waals surface area contributed by atoms with Crippen molar-refractivity contribution in [2.75, 3.05) is 24.7 Å². The molecule has 2 unspecified atom stereocenters. The molecular weight excluding hydrogens is 284 g/mol. The maximum atomic E-state index is 12.2. The molecule has 1 heterocycles. The minimum Gasteiger partial charge on any atom is -0.322 e. The van der Waals surface area contributed by atoms with E-state index in [-0.39, 0.29) is 5.91 Å². The lowest BCUT2D eigenvalue weighted by molar-refractivity contribution is -0.117. The number of H-pyrrole nitrogens is 1. The van der Waals surface area contributed by atoms with Gasteiger partial charge in [-0.2, -0.15) is 16.9 Å². The van der Waals surface area contributed by atoms with Crippen LogP contribution in [0.25, 0.3) is 0 Å². The number of likely N-dealkylation sites (N-methyl/N-ethyl adjacent to an activating group) is 1. The predicted molar refractivity (Wildman–Crippen MR) is 88.9 cm³/mol. The number of hydrogen-bond donors (Lipinski definition) is 2. The van der Waals surface area contributed by atoms with E-state index >= 15 is 0 Å². The molecule has 2 atom stereocenters. The molecule has 1 saturated carbocycles. The van der Waals surface area contributed by atoms with Crippen LogP contribution in [0.3, 0.4) is 0 Å². The summed E-state index contributed by atoms with van der Waals surface area (Å²) in [6.07, 6.45) is 3.67. The van der Waals surface area contributed by atoms with Crippen LogP contribution in [0.1, 0.15) is 37.6 Å². The lowest BCUT2D eigenvalue weighted by Crippen LogP contribution is -2.37. The van der Waals surface area contributed by atoms with Crippen LogP contribution in [-0.2, 0) is 4.79 Å². The third kappa shape index (κ3) is 4.23. The molecule has 1 aromatic heterocycles. The number of rotatable bonds is 6. The Kier molecular flexibility index (Phi) is 5.70. The first kappa shape index (κ1) is 16.4. The fourth-order valence-electron chi connectivity index (χ4n) is 2.97. The Morgan fingerprint density at radius 1 is 1.48 bits per heavy atom. The monoisotopic (exact) mass is 310 g/mol. The number of anilines is 1. The van der Waals surface area contributed by atoms with Crippen LogP contribution in [0.2, 0.25) is 0 Å². The van der Waals surface area contributed by atoms with Gasteiger partial charge in [0.05, 0.1) is 23.6 Å². The number of carbonyl (C=O) groups excluding carboxylic acids is 1. The summed E-state index contributed by atoms with van der Waals surface area (Å²) >= 11 is 2.05. The summed E-state index contributed by atoms with van der Waals surface area (Å²) in [7, 11) is 2.05. The van der Waals surface area contributed by atoms with Gasteiger partial charge in [-0.3, -0.25) is 14.8 Å². The van der Waals surface area contributed by atoms with E-state index in [9.17, 15) is 4.79 Å². The van der Waals surface area contributed by atoms with Crippen molar-refractivity contribution in [2.24, 2.45) is 0 Å². The SMILES string of the molecule is CCSC1CCC(N(C)CC(=O)Nc2c(C)n[nH]c2C)C1. The van der Waals surface area contributed by atoms with Gasteiger partial charge < -0.3 is 5.32 Å². The Labute approximate surface area is 131 Å². The maximum absolute atomic E-state index is 12.2. The third-order valence-electron chi connectivity index (χ3n) is 4.17. The van der Waals surface area contributed by atoms with Crippen LogP contribution in [0.5, 0.6) is 0 Å². The van der Waals surface area contributed by atoms with Gasteiger partial charge in [-0.15, -0.1) is 0 Å². The fraction of sp³-hybridized carbons (Fsp3) is 0.733. The Balaban J connectivity index is 1.83. The molecule has 0 bridgehead atoms. The number of aromatic amines is 1. The lowest BCUT2D eigenvalue weighted by Gasteiger charge is -2.23. The molecule has 2 N–H and O–H groups in total. The highest BCUT2D eigenvalue weighted by Crippen LogP contribution is 2.32. The van der Waals surface area contributed by atoms with E-state index in [2.05, 4.69) is 34.4 Å². The van der Waals surface area contributed by atoms with Crippen LogP contribution in [-0.4, -0.2) is 51.6 Å². The van der Waals surface area contributed by atoms with E-state index in [4.69, 9.17) is 0 Å². The second-order valence-corrected chi connectivity index (χ2v) is 7.39. The van der Waals surface area contributed by atoms with Crippen LogP contribution in [0.4, 0.5) is 5.69 Å². The molecule has 1 aliphatic rings. The second-order valence-electron chi connectivity index (χ2n) is 5.82. The quantitative estimate of drug-likeness (QED) is 0.848. The van der Waals surface area contributed by atoms with E-state index in [1.807, 2.05) is 25.6 Å². The van der Waals surface area contributed by atoms with Gasteiger partial charge in [0.15, 0.2) is 0 Å². The molecule has 0 aromatic carbocycles. The van der Waals surface area contributed by atoms with E-state index in [1.165, 1.54) is 25.0 Å². The normalized spacial score (nSPS) is 22.0. The number of thioether (sulfide) groups is 1. The number of hydrogen-bond acceptors (Lipinski definition) is 4. The Hall–Kier alpha value is -1.01. The topological polar surface area (TPSA) is 61.0 Å². The van der Waals surface area contributed by atoms with Crippen molar-refractivity contribution >= 4 is 23.4 Å². The Morgan fingerprint density at radius 3 is 2.86 bits per heavy atom. The number of carbonyl (C=O) groups is 1. The van der Waals surface area contributed by atoms with Gasteiger partial charge in [0.1, 0.15) is 0 Å². The van der Waals surface area contributed by atoms with Crippen molar-refractivity contribution in [3.8, 4) is 0 Å². The van der Waals surface area contributed by atoms with E-state index in [0.29, 0.717) is 12.6 Å². The Morgan fingerprint density at radius 2 is 2.24 bits per heavy atom. The van der Waals surface area contributed by atoms with Crippen molar-refractivity contribution in [2.45, 2.75) is 51.3 Å². The molecule has 1 fully saturated rings. The first-order valence-electron chi connectivity index (χ1n) is 7.64. The van der Waals surface area contributed by atoms with Crippen LogP contribution in [0, 0.1) is 13.8 Å². The molecular formula is C15H26N4OS. The lowest BCUT2D eigenvalue weighted by atomic mass is 10.2. The van der Waals surface area contributed by atoms with E-state index in [1.54, 1.807) is 0 Å². The highest BCUT2D eigenvalue weighted by atomic mass is 32.2. The maximum Gasteiger partial charge on any atom is 0.238 e. The highest BCUT2D eigenvalue weighted by Gasteiger charge is 2.28. The molecule has 2 rings (SSSR count). The van der Waals surface area contributed by atoms with E-state index in [0.717, 1.165) is 22.3 Å². The molecule has 1 amide bonds. The van der Waals surface area contributed by atoms with Crippen molar-refractivity contribution < 1.29 is 4.79 Å². The van der Waals surface area contributed by atoms with Crippen LogP contribution in [0.15, 0.2) is 0 Å². The number of aromatic nitrogens is 2. The standard InChI is InChI=1S/C15H26N4OS/c1-5-21-13-7-6-12(8-13)19(4)9-14(20)16-15-10(2)17-18-11(15)3/h12-13H,5-9H2,1-4H3,(H,16,20)(H,17,18). The zero-order valence-corrected chi connectivity index (χ0v) is 14.2. The second kappa shape index (κ2) is 7.31. The first-order chi connectivity index (χ1) is 10.0. The molecule has 1 aromatic rings. The minimum atomic E-state index is 0.0386. The molecule has 0 aliphatic heterocycles.